The first kappa shape index (κ1) is 14.5. The molecule has 0 bridgehead atoms. The molecule has 18 heavy (non-hydrogen) atoms. The normalized spacial score (nSPS) is 10.5. The summed E-state index contributed by atoms with van der Waals surface area (Å²) >= 11 is 5.71. The van der Waals surface area contributed by atoms with Crippen molar-refractivity contribution in [1.29, 1.82) is 0 Å². The number of nitrogen functional groups attached to an aromatic ring is 1. The second kappa shape index (κ2) is 6.39. The SMILES string of the molecule is CCOC(=O)Cc1cc(N)c(Cl)c(OC(F)F)c1. The van der Waals surface area contributed by atoms with Crippen LogP contribution >= 0.6 is 11.6 Å². The molecular formula is C11H12ClF2NO3. The molecule has 0 saturated heterocycles. The second-order valence-corrected chi connectivity index (χ2v) is 3.74. The molecule has 7 heteroatoms. The molecule has 0 fully saturated rings. The number of hydrogen-bond donors (Lipinski definition) is 1. The van der Waals surface area contributed by atoms with Crippen LogP contribution in [-0.2, 0) is 16.0 Å². The molecule has 2 N–H and O–H groups in total. The van der Waals surface area contributed by atoms with Gasteiger partial charge < -0.3 is 15.2 Å². The zero-order valence-corrected chi connectivity index (χ0v) is 10.3. The molecule has 0 atom stereocenters. The topological polar surface area (TPSA) is 61.5 Å². The lowest BCUT2D eigenvalue weighted by atomic mass is 10.1. The highest BCUT2D eigenvalue weighted by atomic mass is 35.5. The predicted molar refractivity (Wildman–Crippen MR) is 62.8 cm³/mol. The Morgan fingerprint density at radius 1 is 1.50 bits per heavy atom. The van der Waals surface area contributed by atoms with Crippen LogP contribution in [0.25, 0.3) is 0 Å². The third-order valence-corrected chi connectivity index (χ3v) is 2.40. The van der Waals surface area contributed by atoms with Gasteiger partial charge in [-0.15, -0.1) is 0 Å². The number of halogens is 3. The number of nitrogens with two attached hydrogens (primary N) is 1. The third-order valence-electron chi connectivity index (χ3n) is 2.00. The Labute approximate surface area is 108 Å². The number of alkyl halides is 2. The van der Waals surface area contributed by atoms with E-state index in [0.717, 1.165) is 0 Å². The summed E-state index contributed by atoms with van der Waals surface area (Å²) in [5.74, 6) is -0.742. The van der Waals surface area contributed by atoms with Crippen molar-refractivity contribution in [3.63, 3.8) is 0 Å². The van der Waals surface area contributed by atoms with E-state index in [1.807, 2.05) is 0 Å². The summed E-state index contributed by atoms with van der Waals surface area (Å²) in [5, 5.41) is -0.108. The fourth-order valence-corrected chi connectivity index (χ4v) is 1.49. The predicted octanol–water partition coefficient (Wildman–Crippen LogP) is 2.63. The summed E-state index contributed by atoms with van der Waals surface area (Å²) in [6, 6.07) is 2.65. The highest BCUT2D eigenvalue weighted by molar-refractivity contribution is 6.34. The van der Waals surface area contributed by atoms with Crippen LogP contribution in [0.5, 0.6) is 5.75 Å². The molecular weight excluding hydrogens is 268 g/mol. The zero-order valence-electron chi connectivity index (χ0n) is 9.58. The molecule has 0 radical (unpaired) electrons. The molecule has 100 valence electrons. The Kier molecular flexibility index (Phi) is 5.15. The van der Waals surface area contributed by atoms with Crippen molar-refractivity contribution in [3.8, 4) is 5.75 Å². The summed E-state index contributed by atoms with van der Waals surface area (Å²) in [4.78, 5) is 11.3. The largest absolute Gasteiger partial charge is 0.466 e. The van der Waals surface area contributed by atoms with Crippen LogP contribution in [-0.4, -0.2) is 19.2 Å². The average Bonchev–Trinajstić information content (AvgIpc) is 2.24. The second-order valence-electron chi connectivity index (χ2n) is 3.36. The maximum Gasteiger partial charge on any atom is 0.387 e. The van der Waals surface area contributed by atoms with E-state index in [4.69, 9.17) is 22.1 Å². The summed E-state index contributed by atoms with van der Waals surface area (Å²) in [6.07, 6.45) is -0.0885. The number of benzene rings is 1. The van der Waals surface area contributed by atoms with E-state index in [9.17, 15) is 13.6 Å². The molecule has 1 aromatic rings. The first-order valence-electron chi connectivity index (χ1n) is 5.12. The fourth-order valence-electron chi connectivity index (χ4n) is 1.34. The van der Waals surface area contributed by atoms with Crippen molar-refractivity contribution < 1.29 is 23.0 Å². The van der Waals surface area contributed by atoms with Crippen molar-refractivity contribution in [1.82, 2.24) is 0 Å². The van der Waals surface area contributed by atoms with Crippen LogP contribution in [0.4, 0.5) is 14.5 Å². The zero-order chi connectivity index (χ0) is 13.7. The number of ether oxygens (including phenoxy) is 2. The van der Waals surface area contributed by atoms with Gasteiger partial charge in [-0.25, -0.2) is 0 Å². The molecule has 1 rings (SSSR count). The van der Waals surface area contributed by atoms with E-state index in [0.29, 0.717) is 5.56 Å². The quantitative estimate of drug-likeness (QED) is 0.665. The Bertz CT molecular complexity index is 441. The maximum atomic E-state index is 12.1. The van der Waals surface area contributed by atoms with Gasteiger partial charge in [-0.05, 0) is 24.6 Å². The minimum atomic E-state index is -3.01. The van der Waals surface area contributed by atoms with Crippen molar-refractivity contribution >= 4 is 23.3 Å². The third kappa shape index (κ3) is 4.03. The van der Waals surface area contributed by atoms with E-state index in [2.05, 4.69) is 4.74 Å². The first-order valence-corrected chi connectivity index (χ1v) is 5.50. The van der Waals surface area contributed by atoms with Crippen molar-refractivity contribution in [2.75, 3.05) is 12.3 Å². The smallest absolute Gasteiger partial charge is 0.387 e. The van der Waals surface area contributed by atoms with Gasteiger partial charge in [-0.1, -0.05) is 11.6 Å². The van der Waals surface area contributed by atoms with Gasteiger partial charge >= 0.3 is 12.6 Å². The number of anilines is 1. The van der Waals surface area contributed by atoms with Crippen LogP contribution in [0.1, 0.15) is 12.5 Å². The van der Waals surface area contributed by atoms with Gasteiger partial charge in [0.2, 0.25) is 0 Å². The summed E-state index contributed by atoms with van der Waals surface area (Å²) in [5.41, 5.74) is 6.00. The van der Waals surface area contributed by atoms with E-state index in [-0.39, 0.29) is 29.5 Å². The Morgan fingerprint density at radius 3 is 2.72 bits per heavy atom. The Balaban J connectivity index is 2.93. The van der Waals surface area contributed by atoms with Crippen LogP contribution in [0, 0.1) is 0 Å². The van der Waals surface area contributed by atoms with Crippen molar-refractivity contribution in [2.24, 2.45) is 0 Å². The van der Waals surface area contributed by atoms with E-state index >= 15 is 0 Å². The molecule has 1 aromatic carbocycles. The number of esters is 1. The average molecular weight is 280 g/mol. The molecule has 0 heterocycles. The lowest BCUT2D eigenvalue weighted by molar-refractivity contribution is -0.142. The number of carbonyl (C=O) groups excluding carboxylic acids is 1. The summed E-state index contributed by atoms with van der Waals surface area (Å²) in [6.45, 7) is -1.11. The Morgan fingerprint density at radius 2 is 2.17 bits per heavy atom. The number of carbonyl (C=O) groups is 1. The standard InChI is InChI=1S/C11H12ClF2NO3/c1-2-17-9(16)5-6-3-7(15)10(12)8(4-6)18-11(13)14/h3-4,11H,2,5,15H2,1H3. The van der Waals surface area contributed by atoms with E-state index in [1.54, 1.807) is 6.92 Å². The molecule has 0 aliphatic carbocycles. The van der Waals surface area contributed by atoms with E-state index in [1.165, 1.54) is 12.1 Å². The summed E-state index contributed by atoms with van der Waals surface area (Å²) in [7, 11) is 0. The van der Waals surface area contributed by atoms with Crippen molar-refractivity contribution in [3.05, 3.63) is 22.7 Å². The molecule has 0 aliphatic rings. The van der Waals surface area contributed by atoms with Gasteiger partial charge in [-0.3, -0.25) is 4.79 Å². The van der Waals surface area contributed by atoms with Gasteiger partial charge in [0.05, 0.1) is 18.7 Å². The summed E-state index contributed by atoms with van der Waals surface area (Å²) < 4.78 is 33.2. The molecule has 0 aliphatic heterocycles. The van der Waals surface area contributed by atoms with E-state index < -0.39 is 12.6 Å². The van der Waals surface area contributed by atoms with Crippen molar-refractivity contribution in [2.45, 2.75) is 20.0 Å². The fraction of sp³-hybridized carbons (Fsp3) is 0.364. The number of rotatable bonds is 5. The minimum Gasteiger partial charge on any atom is -0.466 e. The molecule has 0 aromatic heterocycles. The van der Waals surface area contributed by atoms with Gasteiger partial charge in [0, 0.05) is 0 Å². The Hall–Kier alpha value is -1.56. The van der Waals surface area contributed by atoms with Gasteiger partial charge in [0.15, 0.2) is 0 Å². The monoisotopic (exact) mass is 279 g/mol. The first-order chi connectivity index (χ1) is 8.43. The minimum absolute atomic E-state index is 0.0640. The van der Waals surface area contributed by atoms with Gasteiger partial charge in [0.1, 0.15) is 10.8 Å². The van der Waals surface area contributed by atoms with Crippen LogP contribution in [0.15, 0.2) is 12.1 Å². The lowest BCUT2D eigenvalue weighted by Gasteiger charge is -2.11. The molecule has 0 saturated carbocycles. The molecule has 0 spiro atoms. The van der Waals surface area contributed by atoms with Crippen LogP contribution in [0.2, 0.25) is 5.02 Å². The maximum absolute atomic E-state index is 12.1. The van der Waals surface area contributed by atoms with Gasteiger partial charge in [-0.2, -0.15) is 8.78 Å². The lowest BCUT2D eigenvalue weighted by Crippen LogP contribution is -2.09. The highest BCUT2D eigenvalue weighted by Gasteiger charge is 2.14. The highest BCUT2D eigenvalue weighted by Crippen LogP contribution is 2.33. The van der Waals surface area contributed by atoms with Crippen LogP contribution in [0.3, 0.4) is 0 Å². The van der Waals surface area contributed by atoms with Crippen LogP contribution < -0.4 is 10.5 Å². The van der Waals surface area contributed by atoms with Gasteiger partial charge in [0.25, 0.3) is 0 Å². The molecule has 0 unspecified atom stereocenters. The molecule has 4 nitrogen and oxygen atoms in total. The number of hydrogen-bond acceptors (Lipinski definition) is 4. The molecule has 0 amide bonds.